The van der Waals surface area contributed by atoms with Crippen LogP contribution in [-0.2, 0) is 0 Å². The van der Waals surface area contributed by atoms with Gasteiger partial charge in [-0.25, -0.2) is 4.79 Å². The molecule has 3 rings (SSSR count). The summed E-state index contributed by atoms with van der Waals surface area (Å²) in [5.41, 5.74) is 1.41. The number of carbonyl (C=O) groups excluding carboxylic acids is 2. The van der Waals surface area contributed by atoms with Crippen LogP contribution in [0.2, 0.25) is 0 Å². The average Bonchev–Trinajstić information content (AvgIpc) is 2.76. The number of aliphatic hydroxyl groups excluding tert-OH is 1. The molecular weight excluding hydrogens is 396 g/mol. The third-order valence-electron chi connectivity index (χ3n) is 5.38. The molecule has 2 aromatic carbocycles. The molecule has 8 heteroatoms. The highest BCUT2D eigenvalue weighted by Crippen LogP contribution is 2.34. The molecule has 3 atom stereocenters. The first-order valence-electron chi connectivity index (χ1n) is 10.4. The zero-order chi connectivity index (χ0) is 22.4. The molecule has 8 nitrogen and oxygen atoms in total. The van der Waals surface area contributed by atoms with E-state index in [2.05, 4.69) is 16.0 Å². The van der Waals surface area contributed by atoms with Crippen molar-refractivity contribution in [2.75, 3.05) is 37.4 Å². The van der Waals surface area contributed by atoms with Crippen molar-refractivity contribution in [2.24, 2.45) is 5.92 Å². The maximum absolute atomic E-state index is 13.3. The van der Waals surface area contributed by atoms with Crippen molar-refractivity contribution in [1.82, 2.24) is 10.2 Å². The summed E-state index contributed by atoms with van der Waals surface area (Å²) in [5.74, 6) is 0.0980. The molecule has 166 valence electrons. The molecule has 0 radical (unpaired) electrons. The molecule has 1 heterocycles. The van der Waals surface area contributed by atoms with Gasteiger partial charge in [-0.2, -0.15) is 0 Å². The summed E-state index contributed by atoms with van der Waals surface area (Å²) >= 11 is 0. The van der Waals surface area contributed by atoms with E-state index in [1.807, 2.05) is 39.1 Å². The van der Waals surface area contributed by atoms with Crippen molar-refractivity contribution < 1.29 is 19.4 Å². The number of carbonyl (C=O) groups is 2. The van der Waals surface area contributed by atoms with Crippen molar-refractivity contribution >= 4 is 23.3 Å². The van der Waals surface area contributed by atoms with E-state index in [0.717, 1.165) is 0 Å². The van der Waals surface area contributed by atoms with Crippen molar-refractivity contribution in [3.05, 3.63) is 54.1 Å². The van der Waals surface area contributed by atoms with Crippen LogP contribution in [0.25, 0.3) is 0 Å². The molecule has 31 heavy (non-hydrogen) atoms. The smallest absolute Gasteiger partial charge is 0.323 e. The zero-order valence-electron chi connectivity index (χ0n) is 18.1. The number of urea groups is 1. The normalized spacial score (nSPS) is 19.5. The van der Waals surface area contributed by atoms with Gasteiger partial charge in [-0.1, -0.05) is 31.2 Å². The molecule has 1 aliphatic heterocycles. The Morgan fingerprint density at radius 2 is 1.94 bits per heavy atom. The number of fused-ring (bicyclic) bond motifs is 1. The quantitative estimate of drug-likeness (QED) is 0.569. The highest BCUT2D eigenvalue weighted by Gasteiger charge is 2.33. The van der Waals surface area contributed by atoms with Gasteiger partial charge in [0.1, 0.15) is 6.10 Å². The number of likely N-dealkylation sites (N-methyl/N-ethyl adjacent to an activating group) is 1. The van der Waals surface area contributed by atoms with Gasteiger partial charge in [0.05, 0.1) is 23.9 Å². The molecule has 3 amide bonds. The van der Waals surface area contributed by atoms with E-state index in [4.69, 9.17) is 4.74 Å². The van der Waals surface area contributed by atoms with Gasteiger partial charge >= 0.3 is 6.03 Å². The van der Waals surface area contributed by atoms with Crippen LogP contribution in [0.3, 0.4) is 0 Å². The fourth-order valence-electron chi connectivity index (χ4n) is 3.59. The summed E-state index contributed by atoms with van der Waals surface area (Å²) in [4.78, 5) is 27.6. The summed E-state index contributed by atoms with van der Waals surface area (Å²) in [6.45, 7) is 4.72. The minimum atomic E-state index is -0.434. The van der Waals surface area contributed by atoms with Gasteiger partial charge in [-0.3, -0.25) is 4.79 Å². The molecule has 0 spiro atoms. The van der Waals surface area contributed by atoms with Crippen LogP contribution < -0.4 is 20.7 Å². The summed E-state index contributed by atoms with van der Waals surface area (Å²) in [5, 5.41) is 18.4. The number of nitrogens with zero attached hydrogens (tertiary/aromatic N) is 1. The number of nitrogens with one attached hydrogen (secondary N) is 3. The number of amides is 3. The molecule has 1 aliphatic rings. The maximum atomic E-state index is 13.3. The second-order valence-electron chi connectivity index (χ2n) is 7.81. The van der Waals surface area contributed by atoms with Gasteiger partial charge in [0.25, 0.3) is 5.91 Å². The predicted molar refractivity (Wildman–Crippen MR) is 121 cm³/mol. The second kappa shape index (κ2) is 10.3. The van der Waals surface area contributed by atoms with Crippen LogP contribution in [-0.4, -0.2) is 60.8 Å². The number of para-hydroxylation sites is 2. The molecule has 0 aromatic heterocycles. The molecule has 0 saturated carbocycles. The minimum Gasteiger partial charge on any atom is -0.486 e. The highest BCUT2D eigenvalue weighted by molar-refractivity contribution is 6.04. The lowest BCUT2D eigenvalue weighted by Gasteiger charge is -2.37. The van der Waals surface area contributed by atoms with Gasteiger partial charge in [0.2, 0.25) is 0 Å². The van der Waals surface area contributed by atoms with Gasteiger partial charge in [0.15, 0.2) is 5.75 Å². The number of hydrogen-bond acceptors (Lipinski definition) is 5. The molecule has 0 aliphatic carbocycles. The van der Waals surface area contributed by atoms with Gasteiger partial charge in [-0.15, -0.1) is 0 Å². The molecule has 0 fully saturated rings. The van der Waals surface area contributed by atoms with E-state index < -0.39 is 6.03 Å². The lowest BCUT2D eigenvalue weighted by molar-refractivity contribution is 0.0417. The molecule has 0 saturated heterocycles. The van der Waals surface area contributed by atoms with E-state index in [-0.39, 0.29) is 30.6 Å². The Hall–Kier alpha value is -3.10. The van der Waals surface area contributed by atoms with Crippen LogP contribution in [0.15, 0.2) is 48.5 Å². The molecule has 0 bridgehead atoms. The SMILES string of the molecule is CNC[C@@H]1Oc2c(NC(=O)Nc3ccccc3)cccc2C(=O)N([C@H](C)CO)C[C@H]1C. The summed E-state index contributed by atoms with van der Waals surface area (Å²) in [7, 11) is 1.84. The number of benzene rings is 2. The number of anilines is 2. The number of ether oxygens (including phenoxy) is 1. The van der Waals surface area contributed by atoms with Crippen LogP contribution in [0, 0.1) is 5.92 Å². The summed E-state index contributed by atoms with van der Waals surface area (Å²) in [6, 6.07) is 13.4. The van der Waals surface area contributed by atoms with Gasteiger partial charge in [0, 0.05) is 24.7 Å². The predicted octanol–water partition coefficient (Wildman–Crippen LogP) is 2.77. The molecule has 4 N–H and O–H groups in total. The summed E-state index contributed by atoms with van der Waals surface area (Å²) in [6.07, 6.45) is -0.231. The highest BCUT2D eigenvalue weighted by atomic mass is 16.5. The Labute approximate surface area is 182 Å². The van der Waals surface area contributed by atoms with Crippen molar-refractivity contribution in [3.8, 4) is 5.75 Å². The first-order valence-corrected chi connectivity index (χ1v) is 10.4. The minimum absolute atomic E-state index is 0.00440. The Kier molecular flexibility index (Phi) is 7.49. The fourth-order valence-corrected chi connectivity index (χ4v) is 3.59. The van der Waals surface area contributed by atoms with E-state index >= 15 is 0 Å². The summed E-state index contributed by atoms with van der Waals surface area (Å²) < 4.78 is 6.29. The monoisotopic (exact) mass is 426 g/mol. The lowest BCUT2D eigenvalue weighted by atomic mass is 9.99. The Balaban J connectivity index is 1.95. The van der Waals surface area contributed by atoms with E-state index in [1.165, 1.54) is 0 Å². The lowest BCUT2D eigenvalue weighted by Crippen LogP contribution is -2.49. The van der Waals surface area contributed by atoms with Crippen LogP contribution >= 0.6 is 0 Å². The Bertz CT molecular complexity index is 906. The largest absolute Gasteiger partial charge is 0.486 e. The average molecular weight is 427 g/mol. The Morgan fingerprint density at radius 3 is 2.61 bits per heavy atom. The topological polar surface area (TPSA) is 103 Å². The van der Waals surface area contributed by atoms with Crippen molar-refractivity contribution in [2.45, 2.75) is 26.0 Å². The van der Waals surface area contributed by atoms with Crippen LogP contribution in [0.1, 0.15) is 24.2 Å². The standard InChI is InChI=1S/C23H30N4O4/c1-15-13-27(16(2)14-28)22(29)18-10-7-11-19(21(18)31-20(15)12-24-3)26-23(30)25-17-8-5-4-6-9-17/h4-11,15-16,20,24,28H,12-14H2,1-3H3,(H2,25,26,30)/t15-,16-,20+/m1/s1. The second-order valence-corrected chi connectivity index (χ2v) is 7.81. The number of rotatable bonds is 6. The van der Waals surface area contributed by atoms with E-state index in [9.17, 15) is 14.7 Å². The number of aliphatic hydroxyl groups is 1. The molecule has 2 aromatic rings. The van der Waals surface area contributed by atoms with Crippen molar-refractivity contribution in [3.63, 3.8) is 0 Å². The zero-order valence-corrected chi connectivity index (χ0v) is 18.1. The van der Waals surface area contributed by atoms with Gasteiger partial charge in [-0.05, 0) is 38.2 Å². The molecular formula is C23H30N4O4. The van der Waals surface area contributed by atoms with E-state index in [0.29, 0.717) is 35.8 Å². The van der Waals surface area contributed by atoms with Crippen LogP contribution in [0.4, 0.5) is 16.2 Å². The maximum Gasteiger partial charge on any atom is 0.323 e. The first-order chi connectivity index (χ1) is 14.9. The van der Waals surface area contributed by atoms with Crippen LogP contribution in [0.5, 0.6) is 5.75 Å². The molecule has 0 unspecified atom stereocenters. The first kappa shape index (κ1) is 22.6. The fraction of sp³-hybridized carbons (Fsp3) is 0.391. The van der Waals surface area contributed by atoms with E-state index in [1.54, 1.807) is 35.2 Å². The number of hydrogen-bond donors (Lipinski definition) is 4. The third kappa shape index (κ3) is 5.34. The Morgan fingerprint density at radius 1 is 1.19 bits per heavy atom. The van der Waals surface area contributed by atoms with Gasteiger partial charge < -0.3 is 30.7 Å². The van der Waals surface area contributed by atoms with Crippen molar-refractivity contribution in [1.29, 1.82) is 0 Å². The third-order valence-corrected chi connectivity index (χ3v) is 5.38.